The van der Waals surface area contributed by atoms with Crippen LogP contribution in [0.5, 0.6) is 5.75 Å². The van der Waals surface area contributed by atoms with Crippen LogP contribution in [0.1, 0.15) is 17.2 Å². The zero-order valence-electron chi connectivity index (χ0n) is 11.3. The van der Waals surface area contributed by atoms with Crippen molar-refractivity contribution < 1.29 is 19.2 Å². The molecule has 0 spiro atoms. The molecule has 0 heterocycles. The largest absolute Gasteiger partial charge is 0.490 e. The molecule has 0 saturated carbocycles. The fourth-order valence-electron chi connectivity index (χ4n) is 1.89. The minimum atomic E-state index is -1.15. The Bertz CT molecular complexity index is 660. The maximum atomic E-state index is 13.5. The summed E-state index contributed by atoms with van der Waals surface area (Å²) < 4.78 is 18.8. The van der Waals surface area contributed by atoms with Crippen molar-refractivity contribution >= 4 is 5.69 Å². The average molecular weight is 291 g/mol. The summed E-state index contributed by atoms with van der Waals surface area (Å²) in [5.74, 6) is -0.272. The number of ether oxygens (including phenoxy) is 1. The van der Waals surface area contributed by atoms with Crippen molar-refractivity contribution in [3.05, 3.63) is 69.5 Å². The Morgan fingerprint density at radius 2 is 2.05 bits per heavy atom. The van der Waals surface area contributed by atoms with Crippen molar-refractivity contribution in [2.24, 2.45) is 0 Å². The van der Waals surface area contributed by atoms with Crippen molar-refractivity contribution in [1.82, 2.24) is 0 Å². The summed E-state index contributed by atoms with van der Waals surface area (Å²) in [6, 6.07) is 10.2. The van der Waals surface area contributed by atoms with E-state index < -0.39 is 16.8 Å². The number of nitrogens with zero attached hydrogens (tertiary/aromatic N) is 1. The van der Waals surface area contributed by atoms with Gasteiger partial charge in [0, 0.05) is 11.1 Å². The lowest BCUT2D eigenvalue weighted by Gasteiger charge is -2.13. The van der Waals surface area contributed by atoms with Crippen LogP contribution in [-0.2, 0) is 0 Å². The normalized spacial score (nSPS) is 12.0. The van der Waals surface area contributed by atoms with Crippen LogP contribution in [0.4, 0.5) is 10.1 Å². The van der Waals surface area contributed by atoms with Crippen LogP contribution in [-0.4, -0.2) is 16.6 Å². The van der Waals surface area contributed by atoms with Crippen LogP contribution in [0.3, 0.4) is 0 Å². The molecule has 1 N–H and O–H groups in total. The summed E-state index contributed by atoms with van der Waals surface area (Å²) in [5.41, 5.74) is 0.578. The summed E-state index contributed by atoms with van der Waals surface area (Å²) in [6.45, 7) is 1.43. The monoisotopic (exact) mass is 291 g/mol. The number of hydrogen-bond acceptors (Lipinski definition) is 4. The first-order valence-corrected chi connectivity index (χ1v) is 6.29. The van der Waals surface area contributed by atoms with E-state index in [2.05, 4.69) is 0 Å². The van der Waals surface area contributed by atoms with Crippen LogP contribution in [0.15, 0.2) is 42.5 Å². The molecule has 21 heavy (non-hydrogen) atoms. The molecular weight excluding hydrogens is 277 g/mol. The molecule has 0 aliphatic carbocycles. The molecular formula is C15H14FNO4. The highest BCUT2D eigenvalue weighted by Crippen LogP contribution is 2.25. The number of aryl methyl sites for hydroxylation is 1. The first-order chi connectivity index (χ1) is 9.99. The molecule has 0 amide bonds. The summed E-state index contributed by atoms with van der Waals surface area (Å²) in [7, 11) is 0. The van der Waals surface area contributed by atoms with E-state index in [0.717, 1.165) is 0 Å². The van der Waals surface area contributed by atoms with Gasteiger partial charge in [-0.25, -0.2) is 4.39 Å². The molecule has 0 aliphatic heterocycles. The SMILES string of the molecule is Cc1ccc(OCC(O)c2ccccc2F)cc1[N+](=O)[O-]. The third kappa shape index (κ3) is 3.55. The summed E-state index contributed by atoms with van der Waals surface area (Å²) >= 11 is 0. The van der Waals surface area contributed by atoms with Crippen molar-refractivity contribution in [2.45, 2.75) is 13.0 Å². The molecule has 110 valence electrons. The Kier molecular flexibility index (Phi) is 4.49. The van der Waals surface area contributed by atoms with E-state index in [9.17, 15) is 19.6 Å². The van der Waals surface area contributed by atoms with E-state index >= 15 is 0 Å². The highest BCUT2D eigenvalue weighted by molar-refractivity contribution is 5.45. The maximum absolute atomic E-state index is 13.5. The first kappa shape index (κ1) is 14.9. The second-order valence-electron chi connectivity index (χ2n) is 4.55. The Morgan fingerprint density at radius 3 is 2.71 bits per heavy atom. The number of halogens is 1. The lowest BCUT2D eigenvalue weighted by atomic mass is 10.1. The van der Waals surface area contributed by atoms with Gasteiger partial charge in [0.1, 0.15) is 24.3 Å². The molecule has 0 saturated heterocycles. The lowest BCUT2D eigenvalue weighted by molar-refractivity contribution is -0.385. The number of nitro benzene ring substituents is 1. The van der Waals surface area contributed by atoms with Crippen molar-refractivity contribution in [2.75, 3.05) is 6.61 Å². The standard InChI is InChI=1S/C15H14FNO4/c1-10-6-7-11(8-14(10)17(19)20)21-9-15(18)12-4-2-3-5-13(12)16/h2-8,15,18H,9H2,1H3. The molecule has 2 aromatic carbocycles. The van der Waals surface area contributed by atoms with Gasteiger partial charge in [-0.3, -0.25) is 10.1 Å². The molecule has 1 unspecified atom stereocenters. The number of benzene rings is 2. The topological polar surface area (TPSA) is 72.6 Å². The van der Waals surface area contributed by atoms with Gasteiger partial charge in [-0.15, -0.1) is 0 Å². The highest BCUT2D eigenvalue weighted by Gasteiger charge is 2.15. The third-order valence-electron chi connectivity index (χ3n) is 3.05. The van der Waals surface area contributed by atoms with Crippen molar-refractivity contribution in [1.29, 1.82) is 0 Å². The minimum Gasteiger partial charge on any atom is -0.490 e. The predicted octanol–water partition coefficient (Wildman–Crippen LogP) is 3.15. The average Bonchev–Trinajstić information content (AvgIpc) is 2.46. The number of aliphatic hydroxyl groups excluding tert-OH is 1. The lowest BCUT2D eigenvalue weighted by Crippen LogP contribution is -2.11. The summed E-state index contributed by atoms with van der Waals surface area (Å²) in [5, 5.41) is 20.7. The van der Waals surface area contributed by atoms with E-state index in [4.69, 9.17) is 4.74 Å². The van der Waals surface area contributed by atoms with Gasteiger partial charge in [-0.05, 0) is 25.1 Å². The fraction of sp³-hybridized carbons (Fsp3) is 0.200. The first-order valence-electron chi connectivity index (χ1n) is 6.29. The molecule has 0 fully saturated rings. The predicted molar refractivity (Wildman–Crippen MR) is 74.7 cm³/mol. The number of hydrogen-bond donors (Lipinski definition) is 1. The zero-order chi connectivity index (χ0) is 15.4. The highest BCUT2D eigenvalue weighted by atomic mass is 19.1. The van der Waals surface area contributed by atoms with Gasteiger partial charge in [-0.1, -0.05) is 18.2 Å². The molecule has 2 aromatic rings. The van der Waals surface area contributed by atoms with Gasteiger partial charge in [0.25, 0.3) is 5.69 Å². The van der Waals surface area contributed by atoms with Crippen LogP contribution >= 0.6 is 0 Å². The quantitative estimate of drug-likeness (QED) is 0.678. The molecule has 0 aromatic heterocycles. The molecule has 2 rings (SSSR count). The Balaban J connectivity index is 2.08. The van der Waals surface area contributed by atoms with E-state index in [0.29, 0.717) is 5.56 Å². The molecule has 0 aliphatic rings. The van der Waals surface area contributed by atoms with E-state index in [-0.39, 0.29) is 23.6 Å². The molecule has 0 radical (unpaired) electrons. The van der Waals surface area contributed by atoms with Crippen LogP contribution in [0, 0.1) is 22.9 Å². The summed E-state index contributed by atoms with van der Waals surface area (Å²) in [6.07, 6.45) is -1.15. The van der Waals surface area contributed by atoms with Gasteiger partial charge in [-0.2, -0.15) is 0 Å². The number of rotatable bonds is 5. The van der Waals surface area contributed by atoms with E-state index in [1.165, 1.54) is 24.3 Å². The van der Waals surface area contributed by atoms with Crippen molar-refractivity contribution in [3.8, 4) is 5.75 Å². The second kappa shape index (κ2) is 6.32. The third-order valence-corrected chi connectivity index (χ3v) is 3.05. The van der Waals surface area contributed by atoms with Gasteiger partial charge in [0.15, 0.2) is 0 Å². The fourth-order valence-corrected chi connectivity index (χ4v) is 1.89. The molecule has 6 heteroatoms. The van der Waals surface area contributed by atoms with Crippen LogP contribution in [0.25, 0.3) is 0 Å². The maximum Gasteiger partial charge on any atom is 0.276 e. The Morgan fingerprint density at radius 1 is 1.33 bits per heavy atom. The van der Waals surface area contributed by atoms with Gasteiger partial charge < -0.3 is 9.84 Å². The second-order valence-corrected chi connectivity index (χ2v) is 4.55. The number of nitro groups is 1. The van der Waals surface area contributed by atoms with E-state index in [1.54, 1.807) is 25.1 Å². The molecule has 0 bridgehead atoms. The molecule has 5 nitrogen and oxygen atoms in total. The van der Waals surface area contributed by atoms with Crippen molar-refractivity contribution in [3.63, 3.8) is 0 Å². The molecule has 1 atom stereocenters. The minimum absolute atomic E-state index is 0.0621. The Hall–Kier alpha value is -2.47. The van der Waals surface area contributed by atoms with E-state index in [1.807, 2.05) is 0 Å². The zero-order valence-corrected chi connectivity index (χ0v) is 11.3. The van der Waals surface area contributed by atoms with Crippen LogP contribution in [0.2, 0.25) is 0 Å². The van der Waals surface area contributed by atoms with Gasteiger partial charge >= 0.3 is 0 Å². The van der Waals surface area contributed by atoms with Gasteiger partial charge in [0.05, 0.1) is 11.0 Å². The smallest absolute Gasteiger partial charge is 0.276 e. The van der Waals surface area contributed by atoms with Gasteiger partial charge in [0.2, 0.25) is 0 Å². The van der Waals surface area contributed by atoms with Crippen LogP contribution < -0.4 is 4.74 Å². The number of aliphatic hydroxyl groups is 1. The Labute approximate surface area is 120 Å². The summed E-state index contributed by atoms with van der Waals surface area (Å²) in [4.78, 5) is 10.3.